The molecule has 1 heterocycles. The third-order valence-electron chi connectivity index (χ3n) is 3.16. The van der Waals surface area contributed by atoms with E-state index in [4.69, 9.17) is 5.11 Å². The first kappa shape index (κ1) is 13.5. The van der Waals surface area contributed by atoms with Crippen molar-refractivity contribution in [2.45, 2.75) is 19.8 Å². The van der Waals surface area contributed by atoms with Crippen LogP contribution in [0.1, 0.15) is 19.8 Å². The van der Waals surface area contributed by atoms with Crippen molar-refractivity contribution < 1.29 is 14.7 Å². The molecule has 1 aliphatic carbocycles. The average molecular weight is 333 g/mol. The summed E-state index contributed by atoms with van der Waals surface area (Å²) >= 11 is 4.57. The summed E-state index contributed by atoms with van der Waals surface area (Å²) in [7, 11) is 0. The lowest BCUT2D eigenvalue weighted by atomic mass is 9.95. The van der Waals surface area contributed by atoms with E-state index in [1.807, 2.05) is 6.92 Å². The molecule has 0 aromatic carbocycles. The van der Waals surface area contributed by atoms with E-state index in [-0.39, 0.29) is 11.8 Å². The van der Waals surface area contributed by atoms with Gasteiger partial charge in [-0.2, -0.15) is 0 Å². The van der Waals surface area contributed by atoms with Gasteiger partial charge in [0.25, 0.3) is 0 Å². The normalized spacial score (nSPS) is 27.1. The second kappa shape index (κ2) is 5.36. The van der Waals surface area contributed by atoms with Crippen LogP contribution in [0.15, 0.2) is 9.98 Å². The van der Waals surface area contributed by atoms with E-state index in [0.717, 1.165) is 3.79 Å². The van der Waals surface area contributed by atoms with Crippen LogP contribution in [-0.4, -0.2) is 22.0 Å². The molecular weight excluding hydrogens is 320 g/mol. The van der Waals surface area contributed by atoms with Crippen LogP contribution in [0.5, 0.6) is 0 Å². The summed E-state index contributed by atoms with van der Waals surface area (Å²) in [6.07, 6.45) is 2.79. The molecule has 1 aromatic rings. The zero-order valence-electron chi connectivity index (χ0n) is 9.72. The lowest BCUT2D eigenvalue weighted by Crippen LogP contribution is -2.29. The fourth-order valence-corrected chi connectivity index (χ4v) is 3.47. The lowest BCUT2D eigenvalue weighted by Gasteiger charge is -2.14. The summed E-state index contributed by atoms with van der Waals surface area (Å²) in [5, 5.41) is 12.3. The Balaban J connectivity index is 2.06. The van der Waals surface area contributed by atoms with E-state index in [1.165, 1.54) is 11.3 Å². The minimum Gasteiger partial charge on any atom is -0.481 e. The quantitative estimate of drug-likeness (QED) is 0.891. The third-order valence-corrected chi connectivity index (χ3v) is 4.55. The number of carbonyl (C=O) groups is 2. The summed E-state index contributed by atoms with van der Waals surface area (Å²) < 4.78 is 0.826. The molecule has 3 atom stereocenters. The van der Waals surface area contributed by atoms with E-state index in [0.29, 0.717) is 18.0 Å². The van der Waals surface area contributed by atoms with Crippen molar-refractivity contribution in [2.75, 3.05) is 5.32 Å². The number of thiazole rings is 1. The lowest BCUT2D eigenvalue weighted by molar-refractivity contribution is -0.145. The number of anilines is 1. The van der Waals surface area contributed by atoms with Crippen molar-refractivity contribution in [2.24, 2.45) is 17.8 Å². The van der Waals surface area contributed by atoms with Gasteiger partial charge in [0.2, 0.25) is 5.91 Å². The first-order chi connectivity index (χ1) is 8.47. The molecule has 0 radical (unpaired) electrons. The minimum atomic E-state index is -0.889. The number of nitrogens with zero attached hydrogens (tertiary/aromatic N) is 1. The number of aromatic nitrogens is 1. The highest BCUT2D eigenvalue weighted by atomic mass is 79.9. The SMILES string of the molecule is CC1C[C@H](C(=O)Nc2ncc(Br)s2)[C@H](C(=O)O)C1. The van der Waals surface area contributed by atoms with Crippen LogP contribution in [0.2, 0.25) is 0 Å². The number of aliphatic carboxylic acids is 1. The summed E-state index contributed by atoms with van der Waals surface area (Å²) in [4.78, 5) is 27.2. The Kier molecular flexibility index (Phi) is 4.01. The summed E-state index contributed by atoms with van der Waals surface area (Å²) in [6.45, 7) is 1.98. The summed E-state index contributed by atoms with van der Waals surface area (Å²) in [6, 6.07) is 0. The van der Waals surface area contributed by atoms with Gasteiger partial charge in [0, 0.05) is 0 Å². The number of carboxylic acids is 1. The van der Waals surface area contributed by atoms with Gasteiger partial charge in [-0.3, -0.25) is 9.59 Å². The molecule has 1 aromatic heterocycles. The highest BCUT2D eigenvalue weighted by molar-refractivity contribution is 9.11. The molecule has 0 spiro atoms. The molecule has 5 nitrogen and oxygen atoms in total. The third kappa shape index (κ3) is 2.89. The van der Waals surface area contributed by atoms with Gasteiger partial charge >= 0.3 is 5.97 Å². The molecular formula is C11H13BrN2O3S. The van der Waals surface area contributed by atoms with Gasteiger partial charge in [0.15, 0.2) is 5.13 Å². The number of rotatable bonds is 3. The fraction of sp³-hybridized carbons (Fsp3) is 0.545. The number of hydrogen-bond donors (Lipinski definition) is 2. The Morgan fingerprint density at radius 1 is 1.50 bits per heavy atom. The van der Waals surface area contributed by atoms with Crippen LogP contribution in [0.3, 0.4) is 0 Å². The molecule has 1 saturated carbocycles. The van der Waals surface area contributed by atoms with Gasteiger partial charge in [-0.15, -0.1) is 0 Å². The Hall–Kier alpha value is -0.950. The van der Waals surface area contributed by atoms with Gasteiger partial charge in [-0.05, 0) is 34.7 Å². The minimum absolute atomic E-state index is 0.242. The highest BCUT2D eigenvalue weighted by Gasteiger charge is 2.41. The van der Waals surface area contributed by atoms with Crippen LogP contribution >= 0.6 is 27.3 Å². The number of amides is 1. The Bertz CT molecular complexity index is 477. The predicted octanol–water partition coefficient (Wildman–Crippen LogP) is 2.59. The van der Waals surface area contributed by atoms with Crippen molar-refractivity contribution >= 4 is 44.3 Å². The maximum absolute atomic E-state index is 12.1. The molecule has 0 aliphatic heterocycles. The zero-order valence-corrected chi connectivity index (χ0v) is 12.1. The Morgan fingerprint density at radius 3 is 2.72 bits per heavy atom. The first-order valence-corrected chi connectivity index (χ1v) is 7.23. The van der Waals surface area contributed by atoms with Crippen molar-refractivity contribution in [3.05, 3.63) is 9.98 Å². The average Bonchev–Trinajstić information content (AvgIpc) is 2.85. The van der Waals surface area contributed by atoms with Crippen LogP contribution < -0.4 is 5.32 Å². The van der Waals surface area contributed by atoms with Crippen LogP contribution in [0.4, 0.5) is 5.13 Å². The van der Waals surface area contributed by atoms with E-state index >= 15 is 0 Å². The largest absolute Gasteiger partial charge is 0.481 e. The molecule has 1 aliphatic rings. The van der Waals surface area contributed by atoms with Crippen molar-refractivity contribution in [3.63, 3.8) is 0 Å². The topological polar surface area (TPSA) is 79.3 Å². The molecule has 0 saturated heterocycles. The van der Waals surface area contributed by atoms with Gasteiger partial charge in [-0.1, -0.05) is 18.3 Å². The highest BCUT2D eigenvalue weighted by Crippen LogP contribution is 2.37. The smallest absolute Gasteiger partial charge is 0.307 e. The van der Waals surface area contributed by atoms with Crippen LogP contribution in [0.25, 0.3) is 0 Å². The molecule has 1 amide bonds. The van der Waals surface area contributed by atoms with Crippen molar-refractivity contribution in [1.29, 1.82) is 0 Å². The van der Waals surface area contributed by atoms with E-state index in [2.05, 4.69) is 26.2 Å². The molecule has 18 heavy (non-hydrogen) atoms. The van der Waals surface area contributed by atoms with Crippen molar-refractivity contribution in [3.8, 4) is 0 Å². The number of carbonyl (C=O) groups excluding carboxylic acids is 1. The second-order valence-electron chi connectivity index (χ2n) is 4.59. The standard InChI is InChI=1S/C11H13BrN2O3S/c1-5-2-6(7(3-5)10(16)17)9(15)14-11-13-4-8(12)18-11/h4-7H,2-3H2,1H3,(H,16,17)(H,13,14,15)/t5?,6-,7+/m0/s1. The molecule has 98 valence electrons. The number of halogens is 1. The summed E-state index contributed by atoms with van der Waals surface area (Å²) in [5.41, 5.74) is 0. The Labute approximate surface area is 117 Å². The molecule has 2 rings (SSSR count). The van der Waals surface area contributed by atoms with E-state index in [9.17, 15) is 9.59 Å². The van der Waals surface area contributed by atoms with Gasteiger partial charge in [0.05, 0.1) is 21.8 Å². The molecule has 1 unspecified atom stereocenters. The van der Waals surface area contributed by atoms with E-state index in [1.54, 1.807) is 6.20 Å². The number of nitrogens with one attached hydrogen (secondary N) is 1. The predicted molar refractivity (Wildman–Crippen MR) is 71.5 cm³/mol. The second-order valence-corrected chi connectivity index (χ2v) is 7.00. The van der Waals surface area contributed by atoms with Crippen LogP contribution in [-0.2, 0) is 9.59 Å². The van der Waals surface area contributed by atoms with E-state index < -0.39 is 17.8 Å². The molecule has 7 heteroatoms. The maximum Gasteiger partial charge on any atom is 0.307 e. The fourth-order valence-electron chi connectivity index (χ4n) is 2.36. The maximum atomic E-state index is 12.1. The van der Waals surface area contributed by atoms with Gasteiger partial charge in [-0.25, -0.2) is 4.98 Å². The zero-order chi connectivity index (χ0) is 13.3. The van der Waals surface area contributed by atoms with Crippen molar-refractivity contribution in [1.82, 2.24) is 4.98 Å². The van der Waals surface area contributed by atoms with Gasteiger partial charge in [0.1, 0.15) is 0 Å². The van der Waals surface area contributed by atoms with Gasteiger partial charge < -0.3 is 10.4 Å². The molecule has 0 bridgehead atoms. The first-order valence-electron chi connectivity index (χ1n) is 5.62. The number of carboxylic acid groups (broad SMARTS) is 1. The van der Waals surface area contributed by atoms with Crippen LogP contribution in [0, 0.1) is 17.8 Å². The monoisotopic (exact) mass is 332 g/mol. The number of hydrogen-bond acceptors (Lipinski definition) is 4. The Morgan fingerprint density at radius 2 is 2.17 bits per heavy atom. The molecule has 2 N–H and O–H groups in total. The molecule has 1 fully saturated rings. The summed E-state index contributed by atoms with van der Waals surface area (Å²) in [5.74, 6) is -1.90.